The van der Waals surface area contributed by atoms with Crippen molar-refractivity contribution in [3.63, 3.8) is 0 Å². The van der Waals surface area contributed by atoms with Gasteiger partial charge in [0.05, 0.1) is 5.75 Å². The Kier molecular flexibility index (Phi) is 6.46. The maximum Gasteiger partial charge on any atom is 0.234 e. The number of anilines is 2. The summed E-state index contributed by atoms with van der Waals surface area (Å²) in [5.41, 5.74) is 3.30. The molecule has 1 aliphatic rings. The molecule has 6 heteroatoms. The van der Waals surface area contributed by atoms with Crippen LogP contribution in [0.4, 0.5) is 11.4 Å². The van der Waals surface area contributed by atoms with Crippen LogP contribution >= 0.6 is 23.4 Å². The topological polar surface area (TPSA) is 35.6 Å². The van der Waals surface area contributed by atoms with Crippen LogP contribution in [-0.2, 0) is 4.79 Å². The van der Waals surface area contributed by atoms with Gasteiger partial charge in [0.25, 0.3) is 0 Å². The number of nitrogens with zero attached hydrogens (tertiary/aromatic N) is 2. The van der Waals surface area contributed by atoms with Crippen molar-refractivity contribution in [1.82, 2.24) is 4.90 Å². The Bertz CT molecular complexity index is 758. The zero-order chi connectivity index (χ0) is 18.5. The molecule has 0 radical (unpaired) electrons. The summed E-state index contributed by atoms with van der Waals surface area (Å²) in [4.78, 5) is 18.0. The summed E-state index contributed by atoms with van der Waals surface area (Å²) in [6.07, 6.45) is 0. The lowest BCUT2D eigenvalue weighted by Gasteiger charge is -2.35. The Labute approximate surface area is 164 Å². The van der Waals surface area contributed by atoms with Gasteiger partial charge in [-0.1, -0.05) is 11.6 Å². The Morgan fingerprint density at radius 1 is 1.12 bits per heavy atom. The van der Waals surface area contributed by atoms with E-state index < -0.39 is 0 Å². The minimum absolute atomic E-state index is 0.00306. The Hall–Kier alpha value is -1.69. The van der Waals surface area contributed by atoms with Crippen molar-refractivity contribution in [2.75, 3.05) is 49.2 Å². The second kappa shape index (κ2) is 8.80. The average Bonchev–Trinajstić information content (AvgIpc) is 2.62. The third kappa shape index (κ3) is 5.16. The highest BCUT2D eigenvalue weighted by Crippen LogP contribution is 2.25. The molecule has 4 nitrogen and oxygen atoms in total. The average molecular weight is 390 g/mol. The molecule has 3 rings (SSSR count). The molecule has 1 amide bonds. The Morgan fingerprint density at radius 3 is 2.46 bits per heavy atom. The van der Waals surface area contributed by atoms with Gasteiger partial charge in [-0.15, -0.1) is 11.8 Å². The van der Waals surface area contributed by atoms with Gasteiger partial charge in [0.2, 0.25) is 5.91 Å². The zero-order valence-electron chi connectivity index (χ0n) is 15.2. The SMILES string of the molecule is Cc1cc(NC(=O)CSc2ccc(Cl)cc2)ccc1N1CCN(C)CC1. The Morgan fingerprint density at radius 2 is 1.81 bits per heavy atom. The molecule has 1 aliphatic heterocycles. The maximum atomic E-state index is 12.2. The van der Waals surface area contributed by atoms with E-state index in [4.69, 9.17) is 11.6 Å². The van der Waals surface area contributed by atoms with Crippen LogP contribution < -0.4 is 10.2 Å². The molecule has 1 fully saturated rings. The molecule has 0 spiro atoms. The van der Waals surface area contributed by atoms with E-state index in [2.05, 4.69) is 41.2 Å². The highest BCUT2D eigenvalue weighted by atomic mass is 35.5. The molecule has 0 saturated carbocycles. The van der Waals surface area contributed by atoms with Crippen LogP contribution in [0.25, 0.3) is 0 Å². The molecule has 0 aromatic heterocycles. The van der Waals surface area contributed by atoms with E-state index in [-0.39, 0.29) is 5.91 Å². The molecule has 2 aromatic carbocycles. The molecule has 1 N–H and O–H groups in total. The summed E-state index contributed by atoms with van der Waals surface area (Å²) >= 11 is 7.38. The van der Waals surface area contributed by atoms with Crippen LogP contribution in [0.5, 0.6) is 0 Å². The van der Waals surface area contributed by atoms with Gasteiger partial charge in [-0.2, -0.15) is 0 Å². The van der Waals surface area contributed by atoms with E-state index in [0.29, 0.717) is 10.8 Å². The molecule has 1 saturated heterocycles. The predicted octanol–water partition coefficient (Wildman–Crippen LogP) is 4.13. The summed E-state index contributed by atoms with van der Waals surface area (Å²) < 4.78 is 0. The third-order valence-corrected chi connectivity index (χ3v) is 5.77. The van der Waals surface area contributed by atoms with Gasteiger partial charge >= 0.3 is 0 Å². The first-order valence-corrected chi connectivity index (χ1v) is 10.1. The minimum Gasteiger partial charge on any atom is -0.369 e. The normalized spacial score (nSPS) is 15.1. The van der Waals surface area contributed by atoms with Crippen molar-refractivity contribution in [3.05, 3.63) is 53.1 Å². The van der Waals surface area contributed by atoms with E-state index in [9.17, 15) is 4.79 Å². The second-order valence-electron chi connectivity index (χ2n) is 6.58. The van der Waals surface area contributed by atoms with Crippen LogP contribution in [0.2, 0.25) is 5.02 Å². The van der Waals surface area contributed by atoms with Crippen LogP contribution in [0, 0.1) is 6.92 Å². The van der Waals surface area contributed by atoms with Crippen molar-refractivity contribution in [2.45, 2.75) is 11.8 Å². The lowest BCUT2D eigenvalue weighted by molar-refractivity contribution is -0.113. The largest absolute Gasteiger partial charge is 0.369 e. The second-order valence-corrected chi connectivity index (χ2v) is 8.07. The summed E-state index contributed by atoms with van der Waals surface area (Å²) in [6, 6.07) is 13.7. The smallest absolute Gasteiger partial charge is 0.234 e. The van der Waals surface area contributed by atoms with Gasteiger partial charge in [0, 0.05) is 47.5 Å². The van der Waals surface area contributed by atoms with Gasteiger partial charge in [0.1, 0.15) is 0 Å². The number of thioether (sulfide) groups is 1. The molecule has 26 heavy (non-hydrogen) atoms. The van der Waals surface area contributed by atoms with E-state index in [1.54, 1.807) is 0 Å². The molecule has 0 bridgehead atoms. The van der Waals surface area contributed by atoms with Crippen molar-refractivity contribution < 1.29 is 4.79 Å². The number of aryl methyl sites for hydroxylation is 1. The fourth-order valence-corrected chi connectivity index (χ4v) is 3.84. The lowest BCUT2D eigenvalue weighted by atomic mass is 10.1. The maximum absolute atomic E-state index is 12.2. The summed E-state index contributed by atoms with van der Waals surface area (Å²) in [5.74, 6) is 0.373. The number of amides is 1. The monoisotopic (exact) mass is 389 g/mol. The minimum atomic E-state index is -0.00306. The van der Waals surface area contributed by atoms with Crippen molar-refractivity contribution in [2.24, 2.45) is 0 Å². The van der Waals surface area contributed by atoms with Crippen LogP contribution in [-0.4, -0.2) is 49.8 Å². The number of benzene rings is 2. The van der Waals surface area contributed by atoms with Gasteiger partial charge in [-0.25, -0.2) is 0 Å². The summed E-state index contributed by atoms with van der Waals surface area (Å²) in [5, 5.41) is 3.69. The third-order valence-electron chi connectivity index (χ3n) is 4.51. The van der Waals surface area contributed by atoms with Crippen molar-refractivity contribution >= 4 is 40.6 Å². The first-order valence-electron chi connectivity index (χ1n) is 8.73. The Balaban J connectivity index is 1.55. The number of halogens is 1. The first kappa shape index (κ1) is 19.1. The van der Waals surface area contributed by atoms with Gasteiger partial charge in [0.15, 0.2) is 0 Å². The zero-order valence-corrected chi connectivity index (χ0v) is 16.7. The molecule has 0 aliphatic carbocycles. The number of hydrogen-bond donors (Lipinski definition) is 1. The number of hydrogen-bond acceptors (Lipinski definition) is 4. The number of piperazine rings is 1. The first-order chi connectivity index (χ1) is 12.5. The molecule has 138 valence electrons. The summed E-state index contributed by atoms with van der Waals surface area (Å²) in [6.45, 7) is 6.35. The van der Waals surface area contributed by atoms with E-state index >= 15 is 0 Å². The van der Waals surface area contributed by atoms with Crippen LogP contribution in [0.15, 0.2) is 47.4 Å². The van der Waals surface area contributed by atoms with E-state index in [1.165, 1.54) is 23.0 Å². The highest BCUT2D eigenvalue weighted by Gasteiger charge is 2.16. The van der Waals surface area contributed by atoms with Gasteiger partial charge in [-0.05, 0) is 62.0 Å². The van der Waals surface area contributed by atoms with Gasteiger partial charge in [-0.3, -0.25) is 4.79 Å². The molecule has 0 atom stereocenters. The molecule has 1 heterocycles. The van der Waals surface area contributed by atoms with E-state index in [1.807, 2.05) is 30.3 Å². The van der Waals surface area contributed by atoms with E-state index in [0.717, 1.165) is 36.8 Å². The quantitative estimate of drug-likeness (QED) is 0.780. The fourth-order valence-electron chi connectivity index (χ4n) is 3.01. The number of carbonyl (C=O) groups excluding carboxylic acids is 1. The fraction of sp³-hybridized carbons (Fsp3) is 0.350. The predicted molar refractivity (Wildman–Crippen MR) is 112 cm³/mol. The number of likely N-dealkylation sites (N-methyl/N-ethyl adjacent to an activating group) is 1. The standard InChI is InChI=1S/C20H24ClN3OS/c1-15-13-17(5-8-19(15)24-11-9-23(2)10-12-24)22-20(25)14-26-18-6-3-16(21)4-7-18/h3-8,13H,9-12,14H2,1-2H3,(H,22,25). The van der Waals surface area contributed by atoms with Gasteiger partial charge < -0.3 is 15.1 Å². The molecular weight excluding hydrogens is 366 g/mol. The molecule has 2 aromatic rings. The van der Waals surface area contributed by atoms with Crippen molar-refractivity contribution in [3.8, 4) is 0 Å². The number of carbonyl (C=O) groups is 1. The number of rotatable bonds is 5. The van der Waals surface area contributed by atoms with Crippen LogP contribution in [0.3, 0.4) is 0 Å². The molecular formula is C20H24ClN3OS. The number of nitrogens with one attached hydrogen (secondary N) is 1. The van der Waals surface area contributed by atoms with Crippen molar-refractivity contribution in [1.29, 1.82) is 0 Å². The lowest BCUT2D eigenvalue weighted by Crippen LogP contribution is -2.44. The summed E-state index contributed by atoms with van der Waals surface area (Å²) in [7, 11) is 2.16. The molecule has 0 unspecified atom stereocenters. The van der Waals surface area contributed by atoms with Crippen LogP contribution in [0.1, 0.15) is 5.56 Å². The highest BCUT2D eigenvalue weighted by molar-refractivity contribution is 8.00.